The standard InChI is InChI=1S/C9H19N.CH4O/c1-8(2)7-10-9-5-3-4-6-9;1-2/h8-10H,3-7H2,1-2H3;2H,1H3. The van der Waals surface area contributed by atoms with E-state index in [9.17, 15) is 0 Å². The first-order valence-corrected chi connectivity index (χ1v) is 4.97. The summed E-state index contributed by atoms with van der Waals surface area (Å²) in [5, 5.41) is 10.6. The molecule has 12 heavy (non-hydrogen) atoms. The smallest absolute Gasteiger partial charge is 0.0319 e. The van der Waals surface area contributed by atoms with Gasteiger partial charge in [0.05, 0.1) is 0 Å². The van der Waals surface area contributed by atoms with Crippen molar-refractivity contribution in [3.8, 4) is 0 Å². The predicted molar refractivity (Wildman–Crippen MR) is 53.2 cm³/mol. The van der Waals surface area contributed by atoms with Gasteiger partial charge in [-0.05, 0) is 25.3 Å². The molecule has 1 saturated carbocycles. The van der Waals surface area contributed by atoms with Crippen molar-refractivity contribution in [3.05, 3.63) is 0 Å². The molecule has 0 amide bonds. The fraction of sp³-hybridized carbons (Fsp3) is 1.00. The van der Waals surface area contributed by atoms with Crippen molar-refractivity contribution in [1.29, 1.82) is 0 Å². The molecule has 1 rings (SSSR count). The molecule has 0 heterocycles. The highest BCUT2D eigenvalue weighted by molar-refractivity contribution is 4.73. The van der Waals surface area contributed by atoms with Crippen LogP contribution < -0.4 is 5.32 Å². The largest absolute Gasteiger partial charge is 0.400 e. The third-order valence-electron chi connectivity index (χ3n) is 2.17. The van der Waals surface area contributed by atoms with Crippen LogP contribution in [0.2, 0.25) is 0 Å². The predicted octanol–water partition coefficient (Wildman–Crippen LogP) is 1.78. The number of nitrogens with one attached hydrogen (secondary N) is 1. The van der Waals surface area contributed by atoms with Gasteiger partial charge in [0.15, 0.2) is 0 Å². The van der Waals surface area contributed by atoms with Gasteiger partial charge < -0.3 is 10.4 Å². The maximum atomic E-state index is 7.00. The minimum atomic E-state index is 0.806. The second-order valence-corrected chi connectivity index (χ2v) is 3.78. The Morgan fingerprint density at radius 2 is 1.75 bits per heavy atom. The first-order chi connectivity index (χ1) is 5.79. The number of aliphatic hydroxyl groups excluding tert-OH is 1. The molecule has 0 atom stereocenters. The van der Waals surface area contributed by atoms with Crippen LogP contribution in [0.15, 0.2) is 0 Å². The zero-order valence-corrected chi connectivity index (χ0v) is 8.64. The Balaban J connectivity index is 0.000000561. The Morgan fingerprint density at radius 3 is 2.17 bits per heavy atom. The highest BCUT2D eigenvalue weighted by Crippen LogP contribution is 2.17. The molecule has 0 spiro atoms. The minimum absolute atomic E-state index is 0.806. The normalized spacial score (nSPS) is 17.8. The molecule has 1 aliphatic carbocycles. The molecular weight excluding hydrogens is 150 g/mol. The van der Waals surface area contributed by atoms with Crippen molar-refractivity contribution >= 4 is 0 Å². The summed E-state index contributed by atoms with van der Waals surface area (Å²) < 4.78 is 0. The van der Waals surface area contributed by atoms with Gasteiger partial charge in [-0.2, -0.15) is 0 Å². The molecule has 1 fully saturated rings. The van der Waals surface area contributed by atoms with E-state index in [4.69, 9.17) is 5.11 Å². The molecular formula is C10H23NO. The summed E-state index contributed by atoms with van der Waals surface area (Å²) in [6.45, 7) is 5.73. The Hall–Kier alpha value is -0.0800. The highest BCUT2D eigenvalue weighted by Gasteiger charge is 2.13. The summed E-state index contributed by atoms with van der Waals surface area (Å²) >= 11 is 0. The van der Waals surface area contributed by atoms with Crippen molar-refractivity contribution in [1.82, 2.24) is 5.32 Å². The fourth-order valence-electron chi connectivity index (χ4n) is 1.53. The van der Waals surface area contributed by atoms with E-state index in [0.29, 0.717) is 0 Å². The molecule has 0 aliphatic heterocycles. The molecule has 1 aliphatic rings. The quantitative estimate of drug-likeness (QED) is 0.682. The summed E-state index contributed by atoms with van der Waals surface area (Å²) in [7, 11) is 1.00. The van der Waals surface area contributed by atoms with E-state index >= 15 is 0 Å². The van der Waals surface area contributed by atoms with Crippen LogP contribution in [0.1, 0.15) is 39.5 Å². The second kappa shape index (κ2) is 7.56. The van der Waals surface area contributed by atoms with Crippen LogP contribution in [0.5, 0.6) is 0 Å². The molecule has 74 valence electrons. The maximum Gasteiger partial charge on any atom is 0.0319 e. The molecule has 2 heteroatoms. The van der Waals surface area contributed by atoms with Gasteiger partial charge in [0.2, 0.25) is 0 Å². The van der Waals surface area contributed by atoms with Gasteiger partial charge in [-0.15, -0.1) is 0 Å². The lowest BCUT2D eigenvalue weighted by Gasteiger charge is -2.13. The Kier molecular flexibility index (Phi) is 7.51. The lowest BCUT2D eigenvalue weighted by Crippen LogP contribution is -2.29. The molecule has 0 saturated heterocycles. The Labute approximate surface area is 76.4 Å². The minimum Gasteiger partial charge on any atom is -0.400 e. The van der Waals surface area contributed by atoms with Crippen LogP contribution in [0.25, 0.3) is 0 Å². The van der Waals surface area contributed by atoms with Crippen LogP contribution >= 0.6 is 0 Å². The summed E-state index contributed by atoms with van der Waals surface area (Å²) in [5.74, 6) is 0.806. The fourth-order valence-corrected chi connectivity index (χ4v) is 1.53. The van der Waals surface area contributed by atoms with E-state index in [1.807, 2.05) is 0 Å². The summed E-state index contributed by atoms with van der Waals surface area (Å²) in [6.07, 6.45) is 5.70. The molecule has 0 aromatic carbocycles. The number of rotatable bonds is 3. The molecule has 2 N–H and O–H groups in total. The van der Waals surface area contributed by atoms with Gasteiger partial charge in [-0.3, -0.25) is 0 Å². The zero-order valence-electron chi connectivity index (χ0n) is 8.64. The highest BCUT2D eigenvalue weighted by atomic mass is 16.2. The van der Waals surface area contributed by atoms with Gasteiger partial charge in [-0.1, -0.05) is 26.7 Å². The van der Waals surface area contributed by atoms with Gasteiger partial charge in [0.1, 0.15) is 0 Å². The SMILES string of the molecule is CC(C)CNC1CCCC1.CO. The molecule has 0 unspecified atom stereocenters. The van der Waals surface area contributed by atoms with E-state index in [2.05, 4.69) is 19.2 Å². The third kappa shape index (κ3) is 5.56. The number of hydrogen-bond acceptors (Lipinski definition) is 2. The lowest BCUT2D eigenvalue weighted by molar-refractivity contribution is 0.399. The van der Waals surface area contributed by atoms with E-state index in [0.717, 1.165) is 19.1 Å². The van der Waals surface area contributed by atoms with Gasteiger partial charge in [0, 0.05) is 13.2 Å². The number of hydrogen-bond donors (Lipinski definition) is 2. The van der Waals surface area contributed by atoms with Crippen molar-refractivity contribution in [2.75, 3.05) is 13.7 Å². The van der Waals surface area contributed by atoms with Gasteiger partial charge >= 0.3 is 0 Å². The first kappa shape index (κ1) is 11.9. The van der Waals surface area contributed by atoms with Crippen LogP contribution in [0, 0.1) is 5.92 Å². The van der Waals surface area contributed by atoms with E-state index in [1.165, 1.54) is 32.2 Å². The van der Waals surface area contributed by atoms with Crippen molar-refractivity contribution in [2.24, 2.45) is 5.92 Å². The molecule has 0 aromatic heterocycles. The average molecular weight is 173 g/mol. The van der Waals surface area contributed by atoms with Gasteiger partial charge in [-0.25, -0.2) is 0 Å². The Bertz CT molecular complexity index is 87.8. The monoisotopic (exact) mass is 173 g/mol. The molecule has 0 radical (unpaired) electrons. The summed E-state index contributed by atoms with van der Waals surface area (Å²) in [4.78, 5) is 0. The maximum absolute atomic E-state index is 7.00. The second-order valence-electron chi connectivity index (χ2n) is 3.78. The molecule has 2 nitrogen and oxygen atoms in total. The van der Waals surface area contributed by atoms with E-state index < -0.39 is 0 Å². The topological polar surface area (TPSA) is 32.3 Å². The van der Waals surface area contributed by atoms with Crippen molar-refractivity contribution < 1.29 is 5.11 Å². The van der Waals surface area contributed by atoms with Crippen molar-refractivity contribution in [2.45, 2.75) is 45.6 Å². The summed E-state index contributed by atoms with van der Waals surface area (Å²) in [5.41, 5.74) is 0. The Morgan fingerprint density at radius 1 is 1.25 bits per heavy atom. The molecule has 0 aromatic rings. The third-order valence-corrected chi connectivity index (χ3v) is 2.17. The average Bonchev–Trinajstić information content (AvgIpc) is 2.56. The van der Waals surface area contributed by atoms with Crippen LogP contribution in [0.4, 0.5) is 0 Å². The lowest BCUT2D eigenvalue weighted by atomic mass is 10.2. The van der Waals surface area contributed by atoms with Crippen molar-refractivity contribution in [3.63, 3.8) is 0 Å². The number of aliphatic hydroxyl groups is 1. The van der Waals surface area contributed by atoms with E-state index in [1.54, 1.807) is 0 Å². The summed E-state index contributed by atoms with van der Waals surface area (Å²) in [6, 6.07) is 0.849. The molecule has 0 bridgehead atoms. The first-order valence-electron chi connectivity index (χ1n) is 4.97. The zero-order chi connectivity index (χ0) is 9.40. The van der Waals surface area contributed by atoms with Gasteiger partial charge in [0.25, 0.3) is 0 Å². The van der Waals surface area contributed by atoms with E-state index in [-0.39, 0.29) is 0 Å². The van der Waals surface area contributed by atoms with Crippen LogP contribution in [-0.4, -0.2) is 24.8 Å². The van der Waals surface area contributed by atoms with Crippen LogP contribution in [-0.2, 0) is 0 Å². The van der Waals surface area contributed by atoms with Crippen LogP contribution in [0.3, 0.4) is 0 Å².